The Bertz CT molecular complexity index is 372. The molecule has 1 aliphatic heterocycles. The smallest absolute Gasteiger partial charge is 0.416 e. The van der Waals surface area contributed by atoms with Crippen molar-refractivity contribution in [2.24, 2.45) is 0 Å². The van der Waals surface area contributed by atoms with Crippen molar-refractivity contribution in [3.05, 3.63) is 29.8 Å². The van der Waals surface area contributed by atoms with Crippen molar-refractivity contribution in [2.45, 2.75) is 25.1 Å². The number of hydrogen-bond acceptors (Lipinski definition) is 2. The lowest BCUT2D eigenvalue weighted by molar-refractivity contribution is -0.137. The van der Waals surface area contributed by atoms with Gasteiger partial charge in [0.1, 0.15) is 11.9 Å². The Morgan fingerprint density at radius 1 is 1.29 bits per heavy atom. The van der Waals surface area contributed by atoms with Crippen molar-refractivity contribution in [1.29, 1.82) is 0 Å². The van der Waals surface area contributed by atoms with Crippen LogP contribution < -0.4 is 10.1 Å². The first-order chi connectivity index (χ1) is 8.05. The molecule has 0 aromatic heterocycles. The summed E-state index contributed by atoms with van der Waals surface area (Å²) in [5, 5.41) is 3.15. The van der Waals surface area contributed by atoms with Crippen molar-refractivity contribution in [3.8, 4) is 5.75 Å². The Hall–Kier alpha value is -1.23. The molecule has 0 bridgehead atoms. The number of halogens is 3. The number of ether oxygens (including phenoxy) is 1. The van der Waals surface area contributed by atoms with Gasteiger partial charge in [0.05, 0.1) is 5.56 Å². The van der Waals surface area contributed by atoms with E-state index in [1.54, 1.807) is 6.07 Å². The highest BCUT2D eigenvalue weighted by atomic mass is 19.4. The molecular formula is C12H14F3NO. The maximum absolute atomic E-state index is 12.5. The molecule has 94 valence electrons. The number of piperidine rings is 1. The third-order valence-electron chi connectivity index (χ3n) is 2.72. The van der Waals surface area contributed by atoms with Gasteiger partial charge in [-0.05, 0) is 37.6 Å². The van der Waals surface area contributed by atoms with Crippen LogP contribution in [0.4, 0.5) is 13.2 Å². The van der Waals surface area contributed by atoms with Gasteiger partial charge in [-0.3, -0.25) is 0 Å². The molecule has 1 N–H and O–H groups in total. The number of hydrogen-bond donors (Lipinski definition) is 1. The van der Waals surface area contributed by atoms with Gasteiger partial charge in [-0.2, -0.15) is 13.2 Å². The molecule has 1 saturated heterocycles. The van der Waals surface area contributed by atoms with Gasteiger partial charge in [0.2, 0.25) is 0 Å². The van der Waals surface area contributed by atoms with Gasteiger partial charge in [0.25, 0.3) is 0 Å². The SMILES string of the molecule is FC(F)(F)c1cccc(O[C@H]2CCCNC2)c1. The van der Waals surface area contributed by atoms with E-state index in [1.165, 1.54) is 6.07 Å². The van der Waals surface area contributed by atoms with E-state index < -0.39 is 11.7 Å². The topological polar surface area (TPSA) is 21.3 Å². The van der Waals surface area contributed by atoms with Gasteiger partial charge < -0.3 is 10.1 Å². The van der Waals surface area contributed by atoms with Crippen molar-refractivity contribution in [3.63, 3.8) is 0 Å². The van der Waals surface area contributed by atoms with Crippen LogP contribution in [0.3, 0.4) is 0 Å². The molecule has 5 heteroatoms. The fourth-order valence-corrected chi connectivity index (χ4v) is 1.86. The highest BCUT2D eigenvalue weighted by Gasteiger charge is 2.30. The van der Waals surface area contributed by atoms with Crippen molar-refractivity contribution >= 4 is 0 Å². The molecule has 0 saturated carbocycles. The first kappa shape index (κ1) is 12.2. The van der Waals surface area contributed by atoms with Crippen LogP contribution in [0.2, 0.25) is 0 Å². The van der Waals surface area contributed by atoms with Gasteiger partial charge in [0, 0.05) is 6.54 Å². The normalized spacial score (nSPS) is 21.2. The molecule has 0 aliphatic carbocycles. The lowest BCUT2D eigenvalue weighted by atomic mass is 10.1. The van der Waals surface area contributed by atoms with E-state index in [-0.39, 0.29) is 11.9 Å². The Labute approximate surface area is 97.8 Å². The standard InChI is InChI=1S/C12H14F3NO/c13-12(14,15)9-3-1-4-10(7-9)17-11-5-2-6-16-8-11/h1,3-4,7,11,16H,2,5-6,8H2/t11-/m0/s1. The van der Waals surface area contributed by atoms with Crippen molar-refractivity contribution < 1.29 is 17.9 Å². The molecule has 1 aromatic rings. The first-order valence-electron chi connectivity index (χ1n) is 5.60. The first-order valence-corrected chi connectivity index (χ1v) is 5.60. The molecule has 17 heavy (non-hydrogen) atoms. The summed E-state index contributed by atoms with van der Waals surface area (Å²) in [5.74, 6) is 0.286. The second kappa shape index (κ2) is 4.96. The fourth-order valence-electron chi connectivity index (χ4n) is 1.86. The maximum Gasteiger partial charge on any atom is 0.416 e. The summed E-state index contributed by atoms with van der Waals surface area (Å²) in [6.45, 7) is 1.64. The average Bonchev–Trinajstić information content (AvgIpc) is 2.29. The van der Waals surface area contributed by atoms with E-state index in [4.69, 9.17) is 4.74 Å². The van der Waals surface area contributed by atoms with E-state index >= 15 is 0 Å². The highest BCUT2D eigenvalue weighted by Crippen LogP contribution is 2.31. The Kier molecular flexibility index (Phi) is 3.57. The number of alkyl halides is 3. The number of nitrogens with one attached hydrogen (secondary N) is 1. The van der Waals surface area contributed by atoms with E-state index in [1.807, 2.05) is 0 Å². The minimum Gasteiger partial charge on any atom is -0.489 e. The van der Waals surface area contributed by atoms with Crippen LogP contribution in [0.25, 0.3) is 0 Å². The van der Waals surface area contributed by atoms with Crippen LogP contribution in [0.5, 0.6) is 5.75 Å². The number of benzene rings is 1. The summed E-state index contributed by atoms with van der Waals surface area (Å²) < 4.78 is 43.0. The predicted octanol–water partition coefficient (Wildman–Crippen LogP) is 2.84. The molecule has 1 aliphatic rings. The predicted molar refractivity (Wildman–Crippen MR) is 58.0 cm³/mol. The second-order valence-electron chi connectivity index (χ2n) is 4.11. The minimum atomic E-state index is -4.32. The van der Waals surface area contributed by atoms with E-state index in [0.717, 1.165) is 31.5 Å². The molecule has 1 fully saturated rings. The van der Waals surface area contributed by atoms with Crippen LogP contribution in [-0.4, -0.2) is 19.2 Å². The summed E-state index contributed by atoms with van der Waals surface area (Å²) in [5.41, 5.74) is -0.668. The van der Waals surface area contributed by atoms with Crippen LogP contribution in [0.1, 0.15) is 18.4 Å². The van der Waals surface area contributed by atoms with Crippen molar-refractivity contribution in [1.82, 2.24) is 5.32 Å². The summed E-state index contributed by atoms with van der Waals surface area (Å²) in [7, 11) is 0. The van der Waals surface area contributed by atoms with Gasteiger partial charge in [-0.15, -0.1) is 0 Å². The number of rotatable bonds is 2. The van der Waals surface area contributed by atoms with E-state index in [2.05, 4.69) is 5.32 Å². The lowest BCUT2D eigenvalue weighted by Gasteiger charge is -2.24. The lowest BCUT2D eigenvalue weighted by Crippen LogP contribution is -2.37. The van der Waals surface area contributed by atoms with Crippen molar-refractivity contribution in [2.75, 3.05) is 13.1 Å². The summed E-state index contributed by atoms with van der Waals surface area (Å²) in [6, 6.07) is 5.03. The highest BCUT2D eigenvalue weighted by molar-refractivity contribution is 5.30. The molecule has 2 rings (SSSR count). The summed E-state index contributed by atoms with van der Waals surface area (Å²) >= 11 is 0. The van der Waals surface area contributed by atoms with Crippen LogP contribution in [0.15, 0.2) is 24.3 Å². The monoisotopic (exact) mass is 245 g/mol. The third kappa shape index (κ3) is 3.36. The van der Waals surface area contributed by atoms with Crippen LogP contribution >= 0.6 is 0 Å². The zero-order chi connectivity index (χ0) is 12.3. The summed E-state index contributed by atoms with van der Waals surface area (Å²) in [6.07, 6.45) is -2.48. The van der Waals surface area contributed by atoms with Crippen LogP contribution in [-0.2, 0) is 6.18 Å². The Morgan fingerprint density at radius 2 is 2.12 bits per heavy atom. The third-order valence-corrected chi connectivity index (χ3v) is 2.72. The molecule has 1 atom stereocenters. The molecule has 0 radical (unpaired) electrons. The minimum absolute atomic E-state index is 0.0350. The van der Waals surface area contributed by atoms with Gasteiger partial charge in [0.15, 0.2) is 0 Å². The van der Waals surface area contributed by atoms with Gasteiger partial charge in [-0.25, -0.2) is 0 Å². The fraction of sp³-hybridized carbons (Fsp3) is 0.500. The van der Waals surface area contributed by atoms with Crippen LogP contribution in [0, 0.1) is 0 Å². The van der Waals surface area contributed by atoms with Gasteiger partial charge in [-0.1, -0.05) is 6.07 Å². The quantitative estimate of drug-likeness (QED) is 0.865. The Balaban J connectivity index is 2.05. The largest absolute Gasteiger partial charge is 0.489 e. The molecule has 0 unspecified atom stereocenters. The molecule has 0 spiro atoms. The summed E-state index contributed by atoms with van der Waals surface area (Å²) in [4.78, 5) is 0. The maximum atomic E-state index is 12.5. The van der Waals surface area contributed by atoms with E-state index in [9.17, 15) is 13.2 Å². The molecule has 1 aromatic carbocycles. The second-order valence-corrected chi connectivity index (χ2v) is 4.11. The molecule has 1 heterocycles. The zero-order valence-corrected chi connectivity index (χ0v) is 9.26. The van der Waals surface area contributed by atoms with E-state index in [0.29, 0.717) is 6.54 Å². The zero-order valence-electron chi connectivity index (χ0n) is 9.26. The average molecular weight is 245 g/mol. The molecular weight excluding hydrogens is 231 g/mol. The van der Waals surface area contributed by atoms with Gasteiger partial charge >= 0.3 is 6.18 Å². The Morgan fingerprint density at radius 3 is 2.76 bits per heavy atom. The molecule has 2 nitrogen and oxygen atoms in total. The molecule has 0 amide bonds.